The molecule has 1 aliphatic rings. The lowest BCUT2D eigenvalue weighted by atomic mass is 9.80. The first-order valence-electron chi connectivity index (χ1n) is 9.20. The van der Waals surface area contributed by atoms with Gasteiger partial charge in [0.25, 0.3) is 0 Å². The standard InChI is InChI=1S/C20H33NO/c1-3-13-20(22,14-4-2)19(21-15-9-6-10-16-21)17-18-11-7-5-8-12-18/h5,7-8,11-12,19,22H,3-4,6,9-10,13-17H2,1-2H3/t19-/m0/s1. The van der Waals surface area contributed by atoms with Crippen molar-refractivity contribution in [3.63, 3.8) is 0 Å². The second kappa shape index (κ2) is 8.69. The summed E-state index contributed by atoms with van der Waals surface area (Å²) in [5.41, 5.74) is 0.806. The second-order valence-electron chi connectivity index (χ2n) is 6.91. The fraction of sp³-hybridized carbons (Fsp3) is 0.700. The average Bonchev–Trinajstić information content (AvgIpc) is 2.55. The smallest absolute Gasteiger partial charge is 0.0805 e. The minimum Gasteiger partial charge on any atom is -0.388 e. The van der Waals surface area contributed by atoms with Crippen LogP contribution in [0.4, 0.5) is 0 Å². The fourth-order valence-electron chi connectivity index (χ4n) is 4.05. The molecule has 1 atom stereocenters. The molecule has 0 spiro atoms. The van der Waals surface area contributed by atoms with Gasteiger partial charge in [0, 0.05) is 6.04 Å². The molecular weight excluding hydrogens is 270 g/mol. The van der Waals surface area contributed by atoms with Crippen molar-refractivity contribution >= 4 is 0 Å². The van der Waals surface area contributed by atoms with Crippen LogP contribution in [-0.4, -0.2) is 34.7 Å². The van der Waals surface area contributed by atoms with E-state index in [2.05, 4.69) is 49.1 Å². The van der Waals surface area contributed by atoms with Crippen LogP contribution in [0.15, 0.2) is 30.3 Å². The predicted molar refractivity (Wildman–Crippen MR) is 94.1 cm³/mol. The van der Waals surface area contributed by atoms with Crippen LogP contribution < -0.4 is 0 Å². The van der Waals surface area contributed by atoms with E-state index in [4.69, 9.17) is 0 Å². The van der Waals surface area contributed by atoms with Crippen LogP contribution in [0.2, 0.25) is 0 Å². The first-order chi connectivity index (χ1) is 10.7. The molecule has 1 heterocycles. The zero-order chi connectivity index (χ0) is 15.8. The normalized spacial score (nSPS) is 18.3. The summed E-state index contributed by atoms with van der Waals surface area (Å²) in [5.74, 6) is 0. The molecule has 1 aromatic rings. The third-order valence-electron chi connectivity index (χ3n) is 5.09. The predicted octanol–water partition coefficient (Wildman–Crippen LogP) is 4.41. The monoisotopic (exact) mass is 303 g/mol. The van der Waals surface area contributed by atoms with Crippen molar-refractivity contribution in [3.8, 4) is 0 Å². The number of aliphatic hydroxyl groups is 1. The van der Waals surface area contributed by atoms with E-state index >= 15 is 0 Å². The van der Waals surface area contributed by atoms with Gasteiger partial charge in [-0.3, -0.25) is 4.90 Å². The van der Waals surface area contributed by atoms with Gasteiger partial charge in [0.1, 0.15) is 0 Å². The van der Waals surface area contributed by atoms with Crippen LogP contribution in [0, 0.1) is 0 Å². The van der Waals surface area contributed by atoms with Gasteiger partial charge in [-0.05, 0) is 50.8 Å². The van der Waals surface area contributed by atoms with Crippen molar-refractivity contribution in [2.24, 2.45) is 0 Å². The molecule has 1 fully saturated rings. The molecule has 2 nitrogen and oxygen atoms in total. The summed E-state index contributed by atoms with van der Waals surface area (Å²) in [6.07, 6.45) is 8.79. The van der Waals surface area contributed by atoms with Gasteiger partial charge in [-0.15, -0.1) is 0 Å². The topological polar surface area (TPSA) is 23.5 Å². The van der Waals surface area contributed by atoms with Crippen molar-refractivity contribution in [1.29, 1.82) is 0 Å². The van der Waals surface area contributed by atoms with Crippen LogP contribution >= 0.6 is 0 Å². The Balaban J connectivity index is 2.22. The Hall–Kier alpha value is -0.860. The van der Waals surface area contributed by atoms with Gasteiger partial charge in [0.15, 0.2) is 0 Å². The summed E-state index contributed by atoms with van der Waals surface area (Å²) in [4.78, 5) is 2.57. The molecule has 0 bridgehead atoms. The summed E-state index contributed by atoms with van der Waals surface area (Å²) in [5, 5.41) is 11.4. The molecule has 0 saturated carbocycles. The summed E-state index contributed by atoms with van der Waals surface area (Å²) in [7, 11) is 0. The van der Waals surface area contributed by atoms with E-state index in [0.717, 1.165) is 45.2 Å². The lowest BCUT2D eigenvalue weighted by molar-refractivity contribution is -0.0658. The van der Waals surface area contributed by atoms with Crippen LogP contribution in [0.3, 0.4) is 0 Å². The highest BCUT2D eigenvalue weighted by molar-refractivity contribution is 5.17. The molecule has 1 aromatic carbocycles. The maximum atomic E-state index is 11.4. The molecule has 0 radical (unpaired) electrons. The van der Waals surface area contributed by atoms with Gasteiger partial charge >= 0.3 is 0 Å². The van der Waals surface area contributed by atoms with E-state index in [9.17, 15) is 5.11 Å². The lowest BCUT2D eigenvalue weighted by Crippen LogP contribution is -2.55. The number of piperidine rings is 1. The molecule has 1 saturated heterocycles. The first kappa shape index (κ1) is 17.5. The summed E-state index contributed by atoms with van der Waals surface area (Å²) in [6.45, 7) is 6.67. The highest BCUT2D eigenvalue weighted by atomic mass is 16.3. The minimum atomic E-state index is -0.545. The van der Waals surface area contributed by atoms with E-state index < -0.39 is 5.60 Å². The zero-order valence-corrected chi connectivity index (χ0v) is 14.4. The number of hydrogen-bond donors (Lipinski definition) is 1. The van der Waals surface area contributed by atoms with E-state index in [0.29, 0.717) is 0 Å². The molecule has 2 heteroatoms. The van der Waals surface area contributed by atoms with Gasteiger partial charge in [-0.1, -0.05) is 63.4 Å². The Morgan fingerprint density at radius 3 is 2.14 bits per heavy atom. The number of rotatable bonds is 8. The quantitative estimate of drug-likeness (QED) is 0.768. The van der Waals surface area contributed by atoms with Crippen LogP contribution in [0.1, 0.15) is 64.4 Å². The van der Waals surface area contributed by atoms with Crippen molar-refractivity contribution in [2.45, 2.75) is 76.9 Å². The van der Waals surface area contributed by atoms with Crippen molar-refractivity contribution < 1.29 is 5.11 Å². The Labute approximate surface area is 136 Å². The zero-order valence-electron chi connectivity index (χ0n) is 14.4. The van der Waals surface area contributed by atoms with Crippen LogP contribution in [0.25, 0.3) is 0 Å². The first-order valence-corrected chi connectivity index (χ1v) is 9.20. The van der Waals surface area contributed by atoms with E-state index in [-0.39, 0.29) is 6.04 Å². The maximum absolute atomic E-state index is 11.4. The van der Waals surface area contributed by atoms with Crippen LogP contribution in [-0.2, 0) is 6.42 Å². The third kappa shape index (κ3) is 4.57. The number of nitrogens with zero attached hydrogens (tertiary/aromatic N) is 1. The van der Waals surface area contributed by atoms with E-state index in [1.807, 2.05) is 0 Å². The Bertz CT molecular complexity index is 405. The van der Waals surface area contributed by atoms with Gasteiger partial charge in [0.05, 0.1) is 5.60 Å². The molecule has 0 amide bonds. The minimum absolute atomic E-state index is 0.259. The van der Waals surface area contributed by atoms with Crippen LogP contribution in [0.5, 0.6) is 0 Å². The molecular formula is C20H33NO. The largest absolute Gasteiger partial charge is 0.388 e. The van der Waals surface area contributed by atoms with Crippen molar-refractivity contribution in [3.05, 3.63) is 35.9 Å². The molecule has 1 N–H and O–H groups in total. The van der Waals surface area contributed by atoms with E-state index in [1.54, 1.807) is 0 Å². The SMILES string of the molecule is CCCC(O)(CCC)[C@H](Cc1ccccc1)N1CCCCC1. The van der Waals surface area contributed by atoms with Crippen molar-refractivity contribution in [1.82, 2.24) is 4.90 Å². The Morgan fingerprint density at radius 1 is 1.00 bits per heavy atom. The molecule has 0 aromatic heterocycles. The van der Waals surface area contributed by atoms with Gasteiger partial charge in [-0.2, -0.15) is 0 Å². The highest BCUT2D eigenvalue weighted by Gasteiger charge is 2.39. The molecule has 124 valence electrons. The number of benzene rings is 1. The lowest BCUT2D eigenvalue weighted by Gasteiger charge is -2.45. The highest BCUT2D eigenvalue weighted by Crippen LogP contribution is 2.31. The maximum Gasteiger partial charge on any atom is 0.0805 e. The molecule has 0 aliphatic carbocycles. The van der Waals surface area contributed by atoms with Crippen molar-refractivity contribution in [2.75, 3.05) is 13.1 Å². The molecule has 1 aliphatic heterocycles. The number of likely N-dealkylation sites (tertiary alicyclic amines) is 1. The average molecular weight is 303 g/mol. The van der Waals surface area contributed by atoms with E-state index in [1.165, 1.54) is 24.8 Å². The Morgan fingerprint density at radius 2 is 1.59 bits per heavy atom. The molecule has 2 rings (SSSR count). The number of hydrogen-bond acceptors (Lipinski definition) is 2. The van der Waals surface area contributed by atoms with Gasteiger partial charge < -0.3 is 5.11 Å². The fourth-order valence-corrected chi connectivity index (χ4v) is 4.05. The summed E-state index contributed by atoms with van der Waals surface area (Å²) < 4.78 is 0. The second-order valence-corrected chi connectivity index (χ2v) is 6.91. The van der Waals surface area contributed by atoms with Gasteiger partial charge in [0.2, 0.25) is 0 Å². The van der Waals surface area contributed by atoms with Gasteiger partial charge in [-0.25, -0.2) is 0 Å². The molecule has 22 heavy (non-hydrogen) atoms. The molecule has 0 unspecified atom stereocenters. The third-order valence-corrected chi connectivity index (χ3v) is 5.09. The summed E-state index contributed by atoms with van der Waals surface area (Å²) >= 11 is 0. The Kier molecular flexibility index (Phi) is 6.91. The summed E-state index contributed by atoms with van der Waals surface area (Å²) in [6, 6.07) is 11.0.